The van der Waals surface area contributed by atoms with E-state index < -0.39 is 0 Å². The SMILES string of the molecule is CCNc1nc(NC2CCN(C3CC3)C2)nc(OC)n1. The molecule has 1 aliphatic heterocycles. The summed E-state index contributed by atoms with van der Waals surface area (Å²) in [4.78, 5) is 15.4. The fourth-order valence-electron chi connectivity index (χ4n) is 2.61. The van der Waals surface area contributed by atoms with Crippen molar-refractivity contribution >= 4 is 11.9 Å². The van der Waals surface area contributed by atoms with E-state index in [1.807, 2.05) is 6.92 Å². The van der Waals surface area contributed by atoms with Crippen molar-refractivity contribution in [3.8, 4) is 6.01 Å². The van der Waals surface area contributed by atoms with Gasteiger partial charge in [-0.3, -0.25) is 4.90 Å². The van der Waals surface area contributed by atoms with E-state index in [1.54, 1.807) is 7.11 Å². The van der Waals surface area contributed by atoms with Crippen LogP contribution in [0.25, 0.3) is 0 Å². The Labute approximate surface area is 119 Å². The van der Waals surface area contributed by atoms with Gasteiger partial charge in [0.1, 0.15) is 0 Å². The molecule has 1 atom stereocenters. The molecule has 1 saturated carbocycles. The summed E-state index contributed by atoms with van der Waals surface area (Å²) in [7, 11) is 1.57. The van der Waals surface area contributed by atoms with Gasteiger partial charge in [-0.25, -0.2) is 0 Å². The number of ether oxygens (including phenoxy) is 1. The van der Waals surface area contributed by atoms with Crippen molar-refractivity contribution in [1.82, 2.24) is 19.9 Å². The lowest BCUT2D eigenvalue weighted by Crippen LogP contribution is -2.28. The van der Waals surface area contributed by atoms with Crippen LogP contribution in [0.1, 0.15) is 26.2 Å². The zero-order valence-electron chi connectivity index (χ0n) is 12.1. The molecule has 3 rings (SSSR count). The quantitative estimate of drug-likeness (QED) is 0.802. The Kier molecular flexibility index (Phi) is 3.86. The molecule has 1 aromatic rings. The van der Waals surface area contributed by atoms with Crippen LogP contribution < -0.4 is 15.4 Å². The molecule has 1 aliphatic carbocycles. The predicted octanol–water partition coefficient (Wildman–Crippen LogP) is 0.961. The van der Waals surface area contributed by atoms with Gasteiger partial charge in [-0.1, -0.05) is 0 Å². The van der Waals surface area contributed by atoms with Crippen LogP contribution in [0.3, 0.4) is 0 Å². The molecule has 0 spiro atoms. The molecule has 2 N–H and O–H groups in total. The van der Waals surface area contributed by atoms with E-state index >= 15 is 0 Å². The number of aromatic nitrogens is 3. The van der Waals surface area contributed by atoms with Crippen LogP contribution in [0.5, 0.6) is 6.01 Å². The van der Waals surface area contributed by atoms with Crippen LogP contribution in [0.15, 0.2) is 0 Å². The first-order valence-electron chi connectivity index (χ1n) is 7.33. The summed E-state index contributed by atoms with van der Waals surface area (Å²) in [5.41, 5.74) is 0. The van der Waals surface area contributed by atoms with Gasteiger partial charge in [0.25, 0.3) is 0 Å². The van der Waals surface area contributed by atoms with E-state index in [2.05, 4.69) is 30.5 Å². The Bertz CT molecular complexity index is 464. The second kappa shape index (κ2) is 5.78. The van der Waals surface area contributed by atoms with Gasteiger partial charge in [0.05, 0.1) is 7.11 Å². The number of hydrogen-bond donors (Lipinski definition) is 2. The third-order valence-electron chi connectivity index (χ3n) is 3.75. The zero-order chi connectivity index (χ0) is 13.9. The van der Waals surface area contributed by atoms with Gasteiger partial charge in [-0.2, -0.15) is 15.0 Å². The minimum atomic E-state index is 0.343. The molecule has 20 heavy (non-hydrogen) atoms. The number of nitrogens with zero attached hydrogens (tertiary/aromatic N) is 4. The number of likely N-dealkylation sites (tertiary alicyclic amines) is 1. The minimum absolute atomic E-state index is 0.343. The van der Waals surface area contributed by atoms with Crippen molar-refractivity contribution in [3.05, 3.63) is 0 Å². The molecule has 2 fully saturated rings. The highest BCUT2D eigenvalue weighted by Crippen LogP contribution is 2.30. The van der Waals surface area contributed by atoms with E-state index in [4.69, 9.17) is 4.74 Å². The van der Waals surface area contributed by atoms with Gasteiger partial charge in [0.15, 0.2) is 0 Å². The maximum atomic E-state index is 5.12. The molecule has 2 aliphatic rings. The Morgan fingerprint density at radius 3 is 2.70 bits per heavy atom. The van der Waals surface area contributed by atoms with Gasteiger partial charge in [-0.05, 0) is 26.2 Å². The first-order valence-corrected chi connectivity index (χ1v) is 7.33. The number of nitrogens with one attached hydrogen (secondary N) is 2. The molecule has 0 bridgehead atoms. The Morgan fingerprint density at radius 1 is 1.20 bits per heavy atom. The molecule has 2 heterocycles. The lowest BCUT2D eigenvalue weighted by molar-refractivity contribution is 0.326. The molecule has 0 radical (unpaired) electrons. The van der Waals surface area contributed by atoms with Crippen molar-refractivity contribution < 1.29 is 4.74 Å². The minimum Gasteiger partial charge on any atom is -0.467 e. The third kappa shape index (κ3) is 3.09. The van der Waals surface area contributed by atoms with Gasteiger partial charge in [0.2, 0.25) is 11.9 Å². The normalized spacial score (nSPS) is 22.8. The summed E-state index contributed by atoms with van der Waals surface area (Å²) in [6, 6.07) is 1.58. The number of methoxy groups -OCH3 is 1. The maximum Gasteiger partial charge on any atom is 0.322 e. The maximum absolute atomic E-state index is 5.12. The Hall–Kier alpha value is -1.63. The lowest BCUT2D eigenvalue weighted by Gasteiger charge is -2.16. The summed E-state index contributed by atoms with van der Waals surface area (Å²) < 4.78 is 5.12. The molecular weight excluding hydrogens is 256 g/mol. The summed E-state index contributed by atoms with van der Waals surface area (Å²) >= 11 is 0. The smallest absolute Gasteiger partial charge is 0.322 e. The lowest BCUT2D eigenvalue weighted by atomic mass is 10.3. The fraction of sp³-hybridized carbons (Fsp3) is 0.769. The van der Waals surface area contributed by atoms with Gasteiger partial charge in [0, 0.05) is 31.7 Å². The average molecular weight is 278 g/mol. The van der Waals surface area contributed by atoms with E-state index in [1.165, 1.54) is 19.4 Å². The summed E-state index contributed by atoms with van der Waals surface area (Å²) in [5.74, 6) is 1.15. The average Bonchev–Trinajstić information content (AvgIpc) is 3.20. The first-order chi connectivity index (χ1) is 9.78. The number of anilines is 2. The summed E-state index contributed by atoms with van der Waals surface area (Å²) in [5, 5.41) is 6.50. The van der Waals surface area contributed by atoms with Crippen molar-refractivity contribution in [1.29, 1.82) is 0 Å². The second-order valence-corrected chi connectivity index (χ2v) is 5.36. The van der Waals surface area contributed by atoms with Crippen molar-refractivity contribution in [2.45, 2.75) is 38.3 Å². The molecule has 0 amide bonds. The molecule has 1 aromatic heterocycles. The summed E-state index contributed by atoms with van der Waals surface area (Å²) in [6.07, 6.45) is 3.86. The Morgan fingerprint density at radius 2 is 2.00 bits per heavy atom. The van der Waals surface area contributed by atoms with Crippen molar-refractivity contribution in [2.24, 2.45) is 0 Å². The van der Waals surface area contributed by atoms with Crippen LogP contribution in [-0.2, 0) is 0 Å². The monoisotopic (exact) mass is 278 g/mol. The highest BCUT2D eigenvalue weighted by Gasteiger charge is 2.34. The molecule has 110 valence electrons. The largest absolute Gasteiger partial charge is 0.467 e. The molecule has 0 aromatic carbocycles. The second-order valence-electron chi connectivity index (χ2n) is 5.36. The first kappa shape index (κ1) is 13.4. The van der Waals surface area contributed by atoms with E-state index in [9.17, 15) is 0 Å². The van der Waals surface area contributed by atoms with Gasteiger partial charge in [-0.15, -0.1) is 0 Å². The molecule has 1 unspecified atom stereocenters. The van der Waals surface area contributed by atoms with Crippen LogP contribution in [0.2, 0.25) is 0 Å². The highest BCUT2D eigenvalue weighted by molar-refractivity contribution is 5.36. The topological polar surface area (TPSA) is 75.2 Å². The summed E-state index contributed by atoms with van der Waals surface area (Å²) in [6.45, 7) is 5.03. The predicted molar refractivity (Wildman–Crippen MR) is 77.2 cm³/mol. The van der Waals surface area contributed by atoms with Crippen LogP contribution >= 0.6 is 0 Å². The molecule has 7 nitrogen and oxygen atoms in total. The number of hydrogen-bond acceptors (Lipinski definition) is 7. The molecule has 7 heteroatoms. The highest BCUT2D eigenvalue weighted by atomic mass is 16.5. The van der Waals surface area contributed by atoms with Gasteiger partial charge < -0.3 is 15.4 Å². The van der Waals surface area contributed by atoms with E-state index in [-0.39, 0.29) is 0 Å². The fourth-order valence-corrected chi connectivity index (χ4v) is 2.61. The molecular formula is C13H22N6O. The Balaban J connectivity index is 1.65. The number of rotatable bonds is 6. The third-order valence-corrected chi connectivity index (χ3v) is 3.75. The zero-order valence-corrected chi connectivity index (χ0v) is 12.1. The van der Waals surface area contributed by atoms with E-state index in [0.29, 0.717) is 23.9 Å². The van der Waals surface area contributed by atoms with E-state index in [0.717, 1.165) is 25.6 Å². The van der Waals surface area contributed by atoms with Crippen LogP contribution in [0.4, 0.5) is 11.9 Å². The molecule has 1 saturated heterocycles. The standard InChI is InChI=1S/C13H22N6O/c1-3-14-11-16-12(18-13(17-11)20-2)15-9-6-7-19(8-9)10-4-5-10/h9-10H,3-8H2,1-2H3,(H2,14,15,16,17,18). The van der Waals surface area contributed by atoms with Gasteiger partial charge >= 0.3 is 6.01 Å². The van der Waals surface area contributed by atoms with Crippen molar-refractivity contribution in [3.63, 3.8) is 0 Å². The van der Waals surface area contributed by atoms with Crippen molar-refractivity contribution in [2.75, 3.05) is 37.4 Å². The van der Waals surface area contributed by atoms with Crippen LogP contribution in [0, 0.1) is 0 Å². The van der Waals surface area contributed by atoms with Crippen LogP contribution in [-0.4, -0.2) is 58.7 Å².